The lowest BCUT2D eigenvalue weighted by Crippen LogP contribution is -2.15. The van der Waals surface area contributed by atoms with Crippen molar-refractivity contribution in [1.82, 2.24) is 14.5 Å². The van der Waals surface area contributed by atoms with Gasteiger partial charge in [-0.1, -0.05) is 6.07 Å². The molecule has 0 spiro atoms. The fraction of sp³-hybridized carbons (Fsp3) is 0.240. The fourth-order valence-corrected chi connectivity index (χ4v) is 4.06. The van der Waals surface area contributed by atoms with Crippen LogP contribution in [0.2, 0.25) is 0 Å². The Bertz CT molecular complexity index is 1390. The molecule has 0 radical (unpaired) electrons. The molecule has 160 valence electrons. The molecule has 1 aliphatic rings. The van der Waals surface area contributed by atoms with Crippen LogP contribution in [0.3, 0.4) is 0 Å². The number of fused-ring (bicyclic) bond motifs is 1. The maximum Gasteiger partial charge on any atom is 0.250 e. The molecule has 0 amide bonds. The van der Waals surface area contributed by atoms with Crippen LogP contribution < -0.4 is 10.3 Å². The predicted molar refractivity (Wildman–Crippen MR) is 121 cm³/mol. The summed E-state index contributed by atoms with van der Waals surface area (Å²) in [6.07, 6.45) is 3.63. The topological polar surface area (TPSA) is 92.9 Å². The Kier molecular flexibility index (Phi) is 5.21. The Hall–Kier alpha value is -3.89. The van der Waals surface area contributed by atoms with Crippen molar-refractivity contribution in [2.75, 3.05) is 13.2 Å². The van der Waals surface area contributed by atoms with Crippen molar-refractivity contribution in [2.24, 2.45) is 7.05 Å². The molecule has 7 nitrogen and oxygen atoms in total. The molecule has 1 aliphatic heterocycles. The van der Waals surface area contributed by atoms with Crippen molar-refractivity contribution < 1.29 is 9.47 Å². The molecule has 2 aromatic carbocycles. The van der Waals surface area contributed by atoms with Gasteiger partial charge in [0, 0.05) is 49.6 Å². The second-order valence-corrected chi connectivity index (χ2v) is 7.96. The summed E-state index contributed by atoms with van der Waals surface area (Å²) in [4.78, 5) is 20.3. The first-order chi connectivity index (χ1) is 15.6. The van der Waals surface area contributed by atoms with Crippen LogP contribution in [0.5, 0.6) is 11.5 Å². The van der Waals surface area contributed by atoms with Crippen LogP contribution >= 0.6 is 0 Å². The molecule has 0 aliphatic carbocycles. The van der Waals surface area contributed by atoms with Gasteiger partial charge in [-0.05, 0) is 49.2 Å². The van der Waals surface area contributed by atoms with Crippen LogP contribution in [0.4, 0.5) is 0 Å². The van der Waals surface area contributed by atoms with Gasteiger partial charge in [0.25, 0.3) is 0 Å². The minimum Gasteiger partial charge on any atom is -0.454 e. The number of benzene rings is 2. The van der Waals surface area contributed by atoms with Gasteiger partial charge >= 0.3 is 0 Å². The van der Waals surface area contributed by atoms with E-state index in [1.165, 1.54) is 10.6 Å². The molecule has 4 aromatic rings. The van der Waals surface area contributed by atoms with Crippen LogP contribution in [-0.4, -0.2) is 27.7 Å². The van der Waals surface area contributed by atoms with Crippen molar-refractivity contribution >= 4 is 11.0 Å². The Labute approximate surface area is 184 Å². The van der Waals surface area contributed by atoms with E-state index >= 15 is 0 Å². The number of nitriles is 1. The minimum atomic E-state index is -0.0828. The molecule has 32 heavy (non-hydrogen) atoms. The summed E-state index contributed by atoms with van der Waals surface area (Å²) in [7, 11) is 1.72. The summed E-state index contributed by atoms with van der Waals surface area (Å²) in [6.45, 7) is 1.46. The lowest BCUT2D eigenvalue weighted by molar-refractivity contribution is 0.0838. The minimum absolute atomic E-state index is 0.0828. The van der Waals surface area contributed by atoms with Crippen LogP contribution in [-0.2, 0) is 11.8 Å². The molecule has 0 unspecified atom stereocenters. The highest BCUT2D eigenvalue weighted by molar-refractivity contribution is 5.91. The number of aromatic amines is 1. The molecule has 0 bridgehead atoms. The van der Waals surface area contributed by atoms with E-state index in [2.05, 4.69) is 11.1 Å². The first-order valence-electron chi connectivity index (χ1n) is 10.6. The van der Waals surface area contributed by atoms with Crippen molar-refractivity contribution in [3.63, 3.8) is 0 Å². The number of hydrogen-bond donors (Lipinski definition) is 1. The third-order valence-electron chi connectivity index (χ3n) is 5.81. The quantitative estimate of drug-likeness (QED) is 0.519. The molecule has 1 saturated heterocycles. The van der Waals surface area contributed by atoms with Crippen molar-refractivity contribution in [3.05, 3.63) is 76.5 Å². The molecule has 0 atom stereocenters. The summed E-state index contributed by atoms with van der Waals surface area (Å²) in [5, 5.41) is 9.27. The average Bonchev–Trinajstić information content (AvgIpc) is 3.27. The number of nitrogens with zero attached hydrogens (tertiary/aromatic N) is 3. The highest BCUT2D eigenvalue weighted by Gasteiger charge is 2.22. The van der Waals surface area contributed by atoms with Gasteiger partial charge in [0.1, 0.15) is 17.1 Å². The zero-order valence-corrected chi connectivity index (χ0v) is 17.7. The summed E-state index contributed by atoms with van der Waals surface area (Å²) >= 11 is 0. The molecule has 3 heterocycles. The molecule has 0 saturated carbocycles. The number of ether oxygens (including phenoxy) is 2. The number of imidazole rings is 1. The van der Waals surface area contributed by atoms with Crippen molar-refractivity contribution in [3.8, 4) is 28.7 Å². The maximum absolute atomic E-state index is 11.9. The lowest BCUT2D eigenvalue weighted by Gasteiger charge is -2.19. The van der Waals surface area contributed by atoms with Gasteiger partial charge in [0.2, 0.25) is 5.56 Å². The van der Waals surface area contributed by atoms with E-state index in [0.717, 1.165) is 54.0 Å². The first-order valence-corrected chi connectivity index (χ1v) is 10.6. The van der Waals surface area contributed by atoms with E-state index < -0.39 is 0 Å². The SMILES string of the molecule is Cn1cc(-c2ccc3[nH]c(C4CCOCC4)nc3c2Oc2cccc(C#N)c2)ccc1=O. The first kappa shape index (κ1) is 20.0. The van der Waals surface area contributed by atoms with Crippen molar-refractivity contribution in [2.45, 2.75) is 18.8 Å². The summed E-state index contributed by atoms with van der Waals surface area (Å²) < 4.78 is 13.4. The molecule has 1 N–H and O–H groups in total. The zero-order valence-electron chi connectivity index (χ0n) is 17.7. The van der Waals surface area contributed by atoms with E-state index in [1.54, 1.807) is 37.5 Å². The number of nitrogens with one attached hydrogen (secondary N) is 1. The van der Waals surface area contributed by atoms with Crippen LogP contribution in [0.25, 0.3) is 22.2 Å². The number of pyridine rings is 1. The number of hydrogen-bond acceptors (Lipinski definition) is 5. The van der Waals surface area contributed by atoms with Gasteiger partial charge < -0.3 is 19.0 Å². The van der Waals surface area contributed by atoms with Gasteiger partial charge in [0.05, 0.1) is 17.1 Å². The number of aromatic nitrogens is 3. The fourth-order valence-electron chi connectivity index (χ4n) is 4.06. The van der Waals surface area contributed by atoms with E-state index in [-0.39, 0.29) is 5.56 Å². The Morgan fingerprint density at radius 2 is 2.03 bits per heavy atom. The smallest absolute Gasteiger partial charge is 0.250 e. The maximum atomic E-state index is 11.9. The Morgan fingerprint density at radius 1 is 1.19 bits per heavy atom. The van der Waals surface area contributed by atoms with Gasteiger partial charge in [-0.15, -0.1) is 0 Å². The standard InChI is InChI=1S/C25H22N4O3/c1-29-15-18(5-8-22(29)30)20-6-7-21-23(28-25(27-21)17-9-11-31-12-10-17)24(20)32-19-4-2-3-16(13-19)14-26/h2-8,13,15,17H,9-12H2,1H3,(H,27,28). The van der Waals surface area contributed by atoms with Crippen LogP contribution in [0.15, 0.2) is 59.5 Å². The molecule has 5 rings (SSSR count). The molecule has 1 fully saturated rings. The monoisotopic (exact) mass is 426 g/mol. The predicted octanol–water partition coefficient (Wildman–Crippen LogP) is 4.49. The van der Waals surface area contributed by atoms with E-state index in [9.17, 15) is 10.1 Å². The lowest BCUT2D eigenvalue weighted by atomic mass is 10.00. The summed E-state index contributed by atoms with van der Waals surface area (Å²) in [6, 6.07) is 16.5. The summed E-state index contributed by atoms with van der Waals surface area (Å²) in [5.74, 6) is 2.38. The number of rotatable bonds is 4. The largest absolute Gasteiger partial charge is 0.454 e. The number of aryl methyl sites for hydroxylation is 1. The average molecular weight is 426 g/mol. The van der Waals surface area contributed by atoms with E-state index in [4.69, 9.17) is 14.5 Å². The van der Waals surface area contributed by atoms with Crippen molar-refractivity contribution in [1.29, 1.82) is 5.26 Å². The highest BCUT2D eigenvalue weighted by atomic mass is 16.5. The van der Waals surface area contributed by atoms with Gasteiger partial charge in [0.15, 0.2) is 5.75 Å². The molecular weight excluding hydrogens is 404 g/mol. The van der Waals surface area contributed by atoms with E-state index in [1.807, 2.05) is 18.2 Å². The Balaban J connectivity index is 1.67. The number of H-pyrrole nitrogens is 1. The van der Waals surface area contributed by atoms with E-state index in [0.29, 0.717) is 23.0 Å². The van der Waals surface area contributed by atoms with Crippen LogP contribution in [0, 0.1) is 11.3 Å². The van der Waals surface area contributed by atoms with Crippen LogP contribution in [0.1, 0.15) is 30.1 Å². The molecule has 7 heteroatoms. The second-order valence-electron chi connectivity index (χ2n) is 7.96. The Morgan fingerprint density at radius 3 is 2.81 bits per heavy atom. The van der Waals surface area contributed by atoms with Gasteiger partial charge in [-0.3, -0.25) is 4.79 Å². The summed E-state index contributed by atoms with van der Waals surface area (Å²) in [5.41, 5.74) is 3.70. The normalized spacial score (nSPS) is 14.4. The molecular formula is C25H22N4O3. The third kappa shape index (κ3) is 3.77. The zero-order chi connectivity index (χ0) is 22.1. The highest BCUT2D eigenvalue weighted by Crippen LogP contribution is 2.40. The molecule has 2 aromatic heterocycles. The van der Waals surface area contributed by atoms with Gasteiger partial charge in [-0.25, -0.2) is 4.98 Å². The second kappa shape index (κ2) is 8.33. The van der Waals surface area contributed by atoms with Gasteiger partial charge in [-0.2, -0.15) is 5.26 Å². The third-order valence-corrected chi connectivity index (χ3v) is 5.81.